The predicted octanol–water partition coefficient (Wildman–Crippen LogP) is 7.50. The quantitative estimate of drug-likeness (QED) is 0.301. The lowest BCUT2D eigenvalue weighted by Gasteiger charge is -2.20. The van der Waals surface area contributed by atoms with Gasteiger partial charge in [0.05, 0.1) is 10.9 Å². The van der Waals surface area contributed by atoms with Crippen LogP contribution in [0.25, 0.3) is 0 Å². The highest BCUT2D eigenvalue weighted by Gasteiger charge is 2.67. The van der Waals surface area contributed by atoms with Gasteiger partial charge in [-0.2, -0.15) is 0 Å². The number of carbonyl (C=O) groups excluding carboxylic acids is 3. The summed E-state index contributed by atoms with van der Waals surface area (Å²) in [4.78, 5) is 37.3. The molecular weight excluding hydrogens is 528 g/mol. The summed E-state index contributed by atoms with van der Waals surface area (Å²) in [5, 5.41) is 3.96. The molecule has 2 saturated carbocycles. The van der Waals surface area contributed by atoms with Crippen molar-refractivity contribution in [2.75, 3.05) is 5.32 Å². The topological polar surface area (TPSA) is 63.2 Å². The first-order chi connectivity index (χ1) is 15.6. The summed E-state index contributed by atoms with van der Waals surface area (Å²) in [6.45, 7) is 0. The zero-order valence-electron chi connectivity index (χ0n) is 17.3. The number of anilines is 1. The van der Waals surface area contributed by atoms with Gasteiger partial charge in [0.15, 0.2) is 5.78 Å². The van der Waals surface area contributed by atoms with Gasteiger partial charge < -0.3 is 5.32 Å². The molecule has 0 radical (unpaired) electrons. The maximum absolute atomic E-state index is 13.0. The van der Waals surface area contributed by atoms with Crippen molar-refractivity contribution in [2.45, 2.75) is 42.4 Å². The van der Waals surface area contributed by atoms with Crippen LogP contribution in [0.3, 0.4) is 0 Å². The Balaban J connectivity index is 1.46. The molecule has 2 atom stereocenters. The van der Waals surface area contributed by atoms with Crippen LogP contribution in [0.1, 0.15) is 53.9 Å². The van der Waals surface area contributed by atoms with E-state index >= 15 is 0 Å². The van der Waals surface area contributed by atoms with Crippen molar-refractivity contribution in [1.82, 2.24) is 0 Å². The third-order valence-corrected chi connectivity index (χ3v) is 7.96. The van der Waals surface area contributed by atoms with Crippen LogP contribution >= 0.6 is 58.0 Å². The molecule has 0 aliphatic heterocycles. The monoisotopic (exact) mass is 545 g/mol. The van der Waals surface area contributed by atoms with E-state index in [9.17, 15) is 14.4 Å². The number of rotatable bonds is 6. The van der Waals surface area contributed by atoms with Crippen molar-refractivity contribution in [1.29, 1.82) is 0 Å². The number of halogens is 5. The first kappa shape index (κ1) is 24.8. The molecule has 33 heavy (non-hydrogen) atoms. The molecule has 1 N–H and O–H groups in total. The fraction of sp³-hybridized carbons (Fsp3) is 0.375. The van der Waals surface area contributed by atoms with E-state index in [0.717, 1.165) is 0 Å². The summed E-state index contributed by atoms with van der Waals surface area (Å²) >= 11 is 31.3. The van der Waals surface area contributed by atoms with Crippen LogP contribution in [0.4, 0.5) is 5.69 Å². The van der Waals surface area contributed by atoms with Crippen LogP contribution in [0, 0.1) is 11.8 Å². The summed E-state index contributed by atoms with van der Waals surface area (Å²) in [7, 11) is 0. The zero-order valence-corrected chi connectivity index (χ0v) is 21.1. The van der Waals surface area contributed by atoms with E-state index < -0.39 is 16.2 Å². The first-order valence-corrected chi connectivity index (χ1v) is 12.4. The number of ketones is 2. The highest BCUT2D eigenvalue weighted by Crippen LogP contribution is 2.65. The van der Waals surface area contributed by atoms with Crippen molar-refractivity contribution in [3.63, 3.8) is 0 Å². The van der Waals surface area contributed by atoms with Gasteiger partial charge in [-0.1, -0.05) is 34.8 Å². The maximum atomic E-state index is 13.0. The van der Waals surface area contributed by atoms with E-state index in [0.29, 0.717) is 64.0 Å². The number of hydrogen-bond donors (Lipinski definition) is 1. The van der Waals surface area contributed by atoms with Gasteiger partial charge in [0.2, 0.25) is 5.91 Å². The normalized spacial score (nSPS) is 22.2. The Morgan fingerprint density at radius 1 is 0.970 bits per heavy atom. The van der Waals surface area contributed by atoms with E-state index in [1.807, 2.05) is 0 Å². The number of amides is 1. The number of alkyl halides is 2. The van der Waals surface area contributed by atoms with Crippen LogP contribution in [0.5, 0.6) is 0 Å². The van der Waals surface area contributed by atoms with Crippen LogP contribution in [0.15, 0.2) is 36.4 Å². The average Bonchev–Trinajstić information content (AvgIpc) is 3.32. The fourth-order valence-corrected chi connectivity index (χ4v) is 6.03. The second-order valence-corrected chi connectivity index (χ2v) is 11.4. The van der Waals surface area contributed by atoms with Crippen molar-refractivity contribution >= 4 is 81.2 Å². The molecule has 2 aliphatic rings. The van der Waals surface area contributed by atoms with E-state index in [1.54, 1.807) is 36.4 Å². The van der Waals surface area contributed by atoms with Gasteiger partial charge in [0.25, 0.3) is 0 Å². The largest absolute Gasteiger partial charge is 0.326 e. The van der Waals surface area contributed by atoms with E-state index in [2.05, 4.69) is 5.32 Å². The number of carbonyl (C=O) groups is 3. The zero-order chi connectivity index (χ0) is 23.9. The second-order valence-electron chi connectivity index (χ2n) is 8.63. The Morgan fingerprint density at radius 2 is 1.61 bits per heavy atom. The average molecular weight is 548 g/mol. The standard InChI is InChI=1S/C24H20Cl5NO3/c25-14-8-13(9-15(26)10-14)21-22(24(21,28)29)23(33)30-16-3-6-19(27)18(11-16)20(32)7-12-1-4-17(31)5-2-12/h3,6,8-12,21-22H,1-2,4-5,7H2,(H,30,33). The Bertz CT molecular complexity index is 1100. The summed E-state index contributed by atoms with van der Waals surface area (Å²) < 4.78 is -1.30. The van der Waals surface area contributed by atoms with Gasteiger partial charge >= 0.3 is 0 Å². The predicted molar refractivity (Wildman–Crippen MR) is 133 cm³/mol. The smallest absolute Gasteiger partial charge is 0.231 e. The Hall–Kier alpha value is -1.30. The molecule has 2 fully saturated rings. The Labute approximate surface area is 216 Å². The lowest BCUT2D eigenvalue weighted by molar-refractivity contribution is -0.121. The molecule has 1 amide bonds. The van der Waals surface area contributed by atoms with Gasteiger partial charge in [-0.15, -0.1) is 23.2 Å². The van der Waals surface area contributed by atoms with Crippen molar-refractivity contribution < 1.29 is 14.4 Å². The van der Waals surface area contributed by atoms with Crippen molar-refractivity contribution in [2.24, 2.45) is 11.8 Å². The number of benzene rings is 2. The first-order valence-electron chi connectivity index (χ1n) is 10.6. The van der Waals surface area contributed by atoms with Gasteiger partial charge in [-0.3, -0.25) is 14.4 Å². The van der Waals surface area contributed by atoms with Crippen molar-refractivity contribution in [3.05, 3.63) is 62.6 Å². The Kier molecular flexibility index (Phi) is 7.33. The molecular formula is C24H20Cl5NO3. The highest BCUT2D eigenvalue weighted by atomic mass is 35.5. The third-order valence-electron chi connectivity index (χ3n) is 6.25. The van der Waals surface area contributed by atoms with Crippen LogP contribution in [0.2, 0.25) is 15.1 Å². The SMILES string of the molecule is O=C1CCC(CC(=O)c2cc(NC(=O)C3C(c4cc(Cl)cc(Cl)c4)C3(Cl)Cl)ccc2Cl)CC1. The van der Waals surface area contributed by atoms with Crippen LogP contribution < -0.4 is 5.32 Å². The second kappa shape index (κ2) is 9.75. The molecule has 0 bridgehead atoms. The van der Waals surface area contributed by atoms with E-state index in [-0.39, 0.29) is 23.4 Å². The minimum Gasteiger partial charge on any atom is -0.326 e. The summed E-state index contributed by atoms with van der Waals surface area (Å²) in [5.74, 6) is -1.28. The number of hydrogen-bond acceptors (Lipinski definition) is 3. The summed E-state index contributed by atoms with van der Waals surface area (Å²) in [6.07, 6.45) is 2.77. The summed E-state index contributed by atoms with van der Waals surface area (Å²) in [5.41, 5.74) is 1.43. The molecule has 0 spiro atoms. The minimum atomic E-state index is -1.30. The minimum absolute atomic E-state index is 0.114. The molecule has 9 heteroatoms. The maximum Gasteiger partial charge on any atom is 0.231 e. The molecule has 2 unspecified atom stereocenters. The molecule has 174 valence electrons. The molecule has 2 aromatic carbocycles. The number of Topliss-reactive ketones (excluding diaryl/α,β-unsaturated/α-hetero) is 2. The van der Waals surface area contributed by atoms with Crippen LogP contribution in [-0.2, 0) is 9.59 Å². The third kappa shape index (κ3) is 5.52. The van der Waals surface area contributed by atoms with E-state index in [4.69, 9.17) is 58.0 Å². The lowest BCUT2D eigenvalue weighted by atomic mass is 9.84. The summed E-state index contributed by atoms with van der Waals surface area (Å²) in [6, 6.07) is 9.71. The van der Waals surface area contributed by atoms with Gasteiger partial charge in [0.1, 0.15) is 10.1 Å². The Morgan fingerprint density at radius 3 is 2.24 bits per heavy atom. The molecule has 4 rings (SSSR count). The van der Waals surface area contributed by atoms with Gasteiger partial charge in [0, 0.05) is 46.5 Å². The molecule has 0 saturated heterocycles. The van der Waals surface area contributed by atoms with Gasteiger partial charge in [-0.25, -0.2) is 0 Å². The number of nitrogens with one attached hydrogen (secondary N) is 1. The van der Waals surface area contributed by atoms with Crippen LogP contribution in [-0.4, -0.2) is 21.8 Å². The molecule has 4 nitrogen and oxygen atoms in total. The van der Waals surface area contributed by atoms with E-state index in [1.165, 1.54) is 0 Å². The highest BCUT2D eigenvalue weighted by molar-refractivity contribution is 6.53. The molecule has 0 aromatic heterocycles. The molecule has 2 aliphatic carbocycles. The lowest BCUT2D eigenvalue weighted by Crippen LogP contribution is -2.18. The van der Waals surface area contributed by atoms with Gasteiger partial charge in [-0.05, 0) is 60.7 Å². The fourth-order valence-electron chi connectivity index (χ4n) is 4.43. The van der Waals surface area contributed by atoms with Crippen molar-refractivity contribution in [3.8, 4) is 0 Å². The molecule has 2 aromatic rings. The molecule has 0 heterocycles.